The third kappa shape index (κ3) is 3.32. The summed E-state index contributed by atoms with van der Waals surface area (Å²) >= 11 is 0. The lowest BCUT2D eigenvalue weighted by atomic mass is 10.0. The summed E-state index contributed by atoms with van der Waals surface area (Å²) in [6.45, 7) is 8.14. The number of fused-ring (bicyclic) bond motifs is 1. The van der Waals surface area contributed by atoms with Gasteiger partial charge in [-0.2, -0.15) is 0 Å². The predicted molar refractivity (Wildman–Crippen MR) is 91.8 cm³/mol. The average Bonchev–Trinajstić information content (AvgIpc) is 2.92. The van der Waals surface area contributed by atoms with Gasteiger partial charge < -0.3 is 14.8 Å². The summed E-state index contributed by atoms with van der Waals surface area (Å²) in [4.78, 5) is 31.1. The average molecular weight is 332 g/mol. The maximum atomic E-state index is 12.9. The summed E-state index contributed by atoms with van der Waals surface area (Å²) in [6.07, 6.45) is 4.88. The van der Waals surface area contributed by atoms with E-state index in [0.717, 1.165) is 43.7 Å². The van der Waals surface area contributed by atoms with Crippen molar-refractivity contribution >= 4 is 11.8 Å². The lowest BCUT2D eigenvalue weighted by molar-refractivity contribution is -0.124. The van der Waals surface area contributed by atoms with Crippen LogP contribution in [0.1, 0.15) is 61.5 Å². The van der Waals surface area contributed by atoms with E-state index >= 15 is 0 Å². The topological polar surface area (TPSA) is 67.2 Å². The molecular weight excluding hydrogens is 304 g/mol. The van der Waals surface area contributed by atoms with Crippen molar-refractivity contribution in [2.75, 3.05) is 13.1 Å². The number of rotatable bonds is 3. The highest BCUT2D eigenvalue weighted by molar-refractivity contribution is 5.93. The molecule has 132 valence electrons. The van der Waals surface area contributed by atoms with Crippen LogP contribution in [0.2, 0.25) is 0 Å². The second-order valence-corrected chi connectivity index (χ2v) is 7.29. The van der Waals surface area contributed by atoms with E-state index in [1.807, 2.05) is 25.7 Å². The smallest absolute Gasteiger partial charge is 0.274 e. The maximum absolute atomic E-state index is 12.9. The van der Waals surface area contributed by atoms with Gasteiger partial charge >= 0.3 is 0 Å². The maximum Gasteiger partial charge on any atom is 0.274 e. The third-order valence-corrected chi connectivity index (χ3v) is 5.16. The molecule has 0 bridgehead atoms. The summed E-state index contributed by atoms with van der Waals surface area (Å²) in [5.74, 6) is 1.11. The molecule has 24 heavy (non-hydrogen) atoms. The van der Waals surface area contributed by atoms with Crippen LogP contribution in [0.25, 0.3) is 0 Å². The Bertz CT molecular complexity index is 627. The van der Waals surface area contributed by atoms with Gasteiger partial charge in [0.15, 0.2) is 0 Å². The molecule has 1 aromatic rings. The number of likely N-dealkylation sites (tertiary alicyclic amines) is 1. The minimum absolute atomic E-state index is 0.00435. The minimum atomic E-state index is 0.00435. The van der Waals surface area contributed by atoms with Crippen LogP contribution in [-0.2, 0) is 17.8 Å². The molecule has 0 atom stereocenters. The molecule has 6 nitrogen and oxygen atoms in total. The molecular formula is C18H28N4O2. The first kappa shape index (κ1) is 17.0. The Morgan fingerprint density at radius 2 is 1.88 bits per heavy atom. The number of hydrogen-bond acceptors (Lipinski definition) is 3. The van der Waals surface area contributed by atoms with E-state index in [2.05, 4.69) is 14.9 Å². The SMILES string of the molecule is Cc1nc(C(=O)N2CCC(NC(=O)C(C)C)CC2)c2n1CCCC2. The fourth-order valence-corrected chi connectivity index (χ4v) is 3.64. The molecule has 0 aromatic carbocycles. The van der Waals surface area contributed by atoms with E-state index in [1.165, 1.54) is 6.42 Å². The van der Waals surface area contributed by atoms with Crippen LogP contribution < -0.4 is 5.32 Å². The molecule has 1 aromatic heterocycles. The Hall–Kier alpha value is -1.85. The van der Waals surface area contributed by atoms with Gasteiger partial charge in [-0.3, -0.25) is 9.59 Å². The number of amides is 2. The summed E-state index contributed by atoms with van der Waals surface area (Å²) in [7, 11) is 0. The van der Waals surface area contributed by atoms with Crippen molar-refractivity contribution in [3.63, 3.8) is 0 Å². The Kier molecular flexibility index (Phi) is 4.92. The first-order valence-corrected chi connectivity index (χ1v) is 9.13. The summed E-state index contributed by atoms with van der Waals surface area (Å²) < 4.78 is 2.20. The number of carbonyl (C=O) groups excluding carboxylic acids is 2. The van der Waals surface area contributed by atoms with Crippen LogP contribution >= 0.6 is 0 Å². The van der Waals surface area contributed by atoms with Crippen LogP contribution in [-0.4, -0.2) is 45.4 Å². The quantitative estimate of drug-likeness (QED) is 0.919. The fourth-order valence-electron chi connectivity index (χ4n) is 3.64. The molecule has 0 spiro atoms. The number of piperidine rings is 1. The summed E-state index contributed by atoms with van der Waals surface area (Å²) in [6, 6.07) is 0.182. The Labute approximate surface area is 143 Å². The molecule has 3 heterocycles. The van der Waals surface area contributed by atoms with Gasteiger partial charge in [-0.25, -0.2) is 4.98 Å². The minimum Gasteiger partial charge on any atom is -0.353 e. The Morgan fingerprint density at radius 3 is 2.54 bits per heavy atom. The second kappa shape index (κ2) is 6.95. The third-order valence-electron chi connectivity index (χ3n) is 5.16. The molecule has 3 rings (SSSR count). The van der Waals surface area contributed by atoms with E-state index in [0.29, 0.717) is 18.8 Å². The van der Waals surface area contributed by atoms with Crippen molar-refractivity contribution in [2.45, 2.75) is 65.5 Å². The highest BCUT2D eigenvalue weighted by Crippen LogP contribution is 2.23. The number of aryl methyl sites for hydroxylation is 1. The molecule has 0 unspecified atom stereocenters. The monoisotopic (exact) mass is 332 g/mol. The molecule has 2 aliphatic heterocycles. The van der Waals surface area contributed by atoms with Gasteiger partial charge in [0, 0.05) is 31.6 Å². The van der Waals surface area contributed by atoms with Crippen LogP contribution in [0.3, 0.4) is 0 Å². The largest absolute Gasteiger partial charge is 0.353 e. The van der Waals surface area contributed by atoms with Gasteiger partial charge in [-0.05, 0) is 39.0 Å². The van der Waals surface area contributed by atoms with Gasteiger partial charge in [0.05, 0.1) is 5.69 Å². The Morgan fingerprint density at radius 1 is 1.17 bits per heavy atom. The molecule has 1 fully saturated rings. The molecule has 0 aliphatic carbocycles. The number of aromatic nitrogens is 2. The first-order valence-electron chi connectivity index (χ1n) is 9.13. The van der Waals surface area contributed by atoms with Crippen LogP contribution in [0.4, 0.5) is 0 Å². The van der Waals surface area contributed by atoms with E-state index in [1.54, 1.807) is 0 Å². The van der Waals surface area contributed by atoms with Crippen LogP contribution in [0.15, 0.2) is 0 Å². The van der Waals surface area contributed by atoms with Gasteiger partial charge in [0.2, 0.25) is 5.91 Å². The molecule has 2 aliphatic rings. The van der Waals surface area contributed by atoms with E-state index in [9.17, 15) is 9.59 Å². The summed E-state index contributed by atoms with van der Waals surface area (Å²) in [5, 5.41) is 3.07. The lowest BCUT2D eigenvalue weighted by Gasteiger charge is -2.32. The van der Waals surface area contributed by atoms with Crippen molar-refractivity contribution in [2.24, 2.45) is 5.92 Å². The zero-order valence-electron chi connectivity index (χ0n) is 15.0. The van der Waals surface area contributed by atoms with Gasteiger partial charge in [0.1, 0.15) is 11.5 Å². The predicted octanol–water partition coefficient (Wildman–Crippen LogP) is 1.90. The van der Waals surface area contributed by atoms with Crippen molar-refractivity contribution in [1.82, 2.24) is 19.8 Å². The highest BCUT2D eigenvalue weighted by atomic mass is 16.2. The summed E-state index contributed by atoms with van der Waals surface area (Å²) in [5.41, 5.74) is 1.76. The van der Waals surface area contributed by atoms with E-state index in [-0.39, 0.29) is 23.8 Å². The fraction of sp³-hybridized carbons (Fsp3) is 0.722. The van der Waals surface area contributed by atoms with Gasteiger partial charge in [-0.15, -0.1) is 0 Å². The molecule has 6 heteroatoms. The van der Waals surface area contributed by atoms with Crippen molar-refractivity contribution in [3.05, 3.63) is 17.2 Å². The number of nitrogens with zero attached hydrogens (tertiary/aromatic N) is 3. The standard InChI is InChI=1S/C18H28N4O2/c1-12(2)17(23)20-14-7-10-21(11-8-14)18(24)16-15-6-4-5-9-22(15)13(3)19-16/h12,14H,4-11H2,1-3H3,(H,20,23). The first-order chi connectivity index (χ1) is 11.5. The lowest BCUT2D eigenvalue weighted by Crippen LogP contribution is -2.47. The van der Waals surface area contributed by atoms with Crippen molar-refractivity contribution < 1.29 is 9.59 Å². The van der Waals surface area contributed by atoms with E-state index < -0.39 is 0 Å². The zero-order valence-corrected chi connectivity index (χ0v) is 15.0. The second-order valence-electron chi connectivity index (χ2n) is 7.29. The zero-order chi connectivity index (χ0) is 17.3. The van der Waals surface area contributed by atoms with Gasteiger partial charge in [-0.1, -0.05) is 13.8 Å². The normalized spacial score (nSPS) is 18.6. The number of imidazole rings is 1. The molecule has 0 saturated carbocycles. The van der Waals surface area contributed by atoms with Crippen LogP contribution in [0.5, 0.6) is 0 Å². The van der Waals surface area contributed by atoms with Crippen molar-refractivity contribution in [1.29, 1.82) is 0 Å². The highest BCUT2D eigenvalue weighted by Gasteiger charge is 2.29. The molecule has 1 saturated heterocycles. The number of hydrogen-bond donors (Lipinski definition) is 1. The van der Waals surface area contributed by atoms with Crippen molar-refractivity contribution in [3.8, 4) is 0 Å². The molecule has 0 radical (unpaired) electrons. The van der Waals surface area contributed by atoms with Crippen LogP contribution in [0, 0.1) is 12.8 Å². The molecule has 1 N–H and O–H groups in total. The Balaban J connectivity index is 1.63. The van der Waals surface area contributed by atoms with E-state index in [4.69, 9.17) is 0 Å². The van der Waals surface area contributed by atoms with Gasteiger partial charge in [0.25, 0.3) is 5.91 Å². The number of carbonyl (C=O) groups is 2. The molecule has 2 amide bonds. The number of nitrogens with one attached hydrogen (secondary N) is 1.